The van der Waals surface area contributed by atoms with Gasteiger partial charge in [-0.25, -0.2) is 5.43 Å². The zero-order chi connectivity index (χ0) is 18.7. The van der Waals surface area contributed by atoms with Crippen LogP contribution in [0.1, 0.15) is 5.56 Å². The van der Waals surface area contributed by atoms with Crippen LogP contribution in [0.4, 0.5) is 0 Å². The minimum absolute atomic E-state index is 0.0814. The molecule has 0 unspecified atom stereocenters. The molecule has 26 heavy (non-hydrogen) atoms. The lowest BCUT2D eigenvalue weighted by atomic mass is 10.2. The summed E-state index contributed by atoms with van der Waals surface area (Å²) in [4.78, 5) is 12.2. The normalized spacial score (nSPS) is 15.7. The molecule has 1 amide bonds. The van der Waals surface area contributed by atoms with Crippen molar-refractivity contribution in [1.29, 1.82) is 0 Å². The number of fused-ring (bicyclic) bond motifs is 1. The molecule has 0 aliphatic carbocycles. The van der Waals surface area contributed by atoms with E-state index in [9.17, 15) is 9.90 Å². The Hall–Kier alpha value is -2.26. The van der Waals surface area contributed by atoms with E-state index >= 15 is 0 Å². The monoisotopic (exact) mass is 484 g/mol. The highest BCUT2D eigenvalue weighted by molar-refractivity contribution is 9.13. The number of halogens is 2. The van der Waals surface area contributed by atoms with Crippen molar-refractivity contribution in [2.24, 2.45) is 5.10 Å². The first kappa shape index (κ1) is 18.5. The summed E-state index contributed by atoms with van der Waals surface area (Å²) in [6, 6.07) is 8.72. The van der Waals surface area contributed by atoms with E-state index in [-0.39, 0.29) is 18.1 Å². The van der Waals surface area contributed by atoms with Gasteiger partial charge in [0, 0.05) is 8.95 Å². The smallest absolute Gasteiger partial charge is 0.284 e. The van der Waals surface area contributed by atoms with Gasteiger partial charge in [-0.15, -0.1) is 0 Å². The summed E-state index contributed by atoms with van der Waals surface area (Å²) in [7, 11) is 1.44. The zero-order valence-electron chi connectivity index (χ0n) is 13.5. The van der Waals surface area contributed by atoms with Gasteiger partial charge in [0.15, 0.2) is 23.0 Å². The van der Waals surface area contributed by atoms with Gasteiger partial charge in [-0.05, 0) is 50.1 Å². The molecule has 2 N–H and O–H groups in total. The lowest BCUT2D eigenvalue weighted by Crippen LogP contribution is -2.42. The molecule has 1 aliphatic rings. The van der Waals surface area contributed by atoms with Gasteiger partial charge in [0.25, 0.3) is 5.91 Å². The van der Waals surface area contributed by atoms with Crippen molar-refractivity contribution < 1.29 is 24.1 Å². The van der Waals surface area contributed by atoms with Gasteiger partial charge in [0.05, 0.1) is 18.9 Å². The molecule has 136 valence electrons. The molecule has 1 atom stereocenters. The van der Waals surface area contributed by atoms with Crippen LogP contribution in [-0.2, 0) is 4.79 Å². The molecular formula is C17H14Br2N2O5. The molecule has 1 heterocycles. The third-order valence-electron chi connectivity index (χ3n) is 3.58. The van der Waals surface area contributed by atoms with Crippen molar-refractivity contribution in [2.45, 2.75) is 6.10 Å². The predicted molar refractivity (Wildman–Crippen MR) is 102 cm³/mol. The number of amides is 1. The summed E-state index contributed by atoms with van der Waals surface area (Å²) < 4.78 is 17.4. The lowest BCUT2D eigenvalue weighted by molar-refractivity contribution is -0.130. The van der Waals surface area contributed by atoms with Crippen LogP contribution in [0, 0.1) is 0 Å². The summed E-state index contributed by atoms with van der Waals surface area (Å²) in [6.07, 6.45) is 0.485. The first-order chi connectivity index (χ1) is 12.5. The number of nitrogens with one attached hydrogen (secondary N) is 1. The van der Waals surface area contributed by atoms with Gasteiger partial charge in [-0.3, -0.25) is 4.79 Å². The summed E-state index contributed by atoms with van der Waals surface area (Å²) in [5.74, 6) is 0.795. The Morgan fingerprint density at radius 1 is 1.38 bits per heavy atom. The third kappa shape index (κ3) is 3.78. The van der Waals surface area contributed by atoms with E-state index < -0.39 is 12.0 Å². The quantitative estimate of drug-likeness (QED) is 0.512. The number of hydrazone groups is 1. The topological polar surface area (TPSA) is 89.4 Å². The standard InChI is InChI=1S/C17H14Br2N2O5/c1-24-13-6-10(18)15(19)9(16(13)22)7-20-21-17(23)14-8-25-11-4-2-3-5-12(11)26-14/h2-7,14,22H,8H2,1H3,(H,21,23)/b20-7+/t14-/m1/s1. The maximum absolute atomic E-state index is 12.2. The molecule has 0 aromatic heterocycles. The van der Waals surface area contributed by atoms with Crippen molar-refractivity contribution in [3.63, 3.8) is 0 Å². The number of ether oxygens (including phenoxy) is 3. The minimum atomic E-state index is -0.823. The maximum atomic E-state index is 12.2. The number of benzene rings is 2. The van der Waals surface area contributed by atoms with E-state index in [1.165, 1.54) is 13.3 Å². The fourth-order valence-corrected chi connectivity index (χ4v) is 3.09. The molecule has 9 heteroatoms. The molecule has 0 radical (unpaired) electrons. The van der Waals surface area contributed by atoms with Crippen LogP contribution in [0.5, 0.6) is 23.0 Å². The van der Waals surface area contributed by atoms with Crippen LogP contribution in [0.2, 0.25) is 0 Å². The van der Waals surface area contributed by atoms with Crippen LogP contribution in [0.25, 0.3) is 0 Å². The van der Waals surface area contributed by atoms with Crippen LogP contribution in [0.3, 0.4) is 0 Å². The van der Waals surface area contributed by atoms with Gasteiger partial charge in [0.2, 0.25) is 6.10 Å². The Balaban J connectivity index is 1.70. The number of carbonyl (C=O) groups is 1. The van der Waals surface area contributed by atoms with Gasteiger partial charge in [-0.1, -0.05) is 12.1 Å². The molecular weight excluding hydrogens is 472 g/mol. The summed E-state index contributed by atoms with van der Waals surface area (Å²) in [5.41, 5.74) is 2.73. The van der Waals surface area contributed by atoms with E-state index in [1.807, 2.05) is 6.07 Å². The summed E-state index contributed by atoms with van der Waals surface area (Å²) in [5, 5.41) is 14.1. The number of hydrogen-bond acceptors (Lipinski definition) is 6. The molecule has 3 rings (SSSR count). The number of hydrogen-bond donors (Lipinski definition) is 2. The molecule has 0 spiro atoms. The fourth-order valence-electron chi connectivity index (χ4n) is 2.27. The van der Waals surface area contributed by atoms with Gasteiger partial charge < -0.3 is 19.3 Å². The van der Waals surface area contributed by atoms with Crippen LogP contribution in [-0.4, -0.2) is 37.0 Å². The van der Waals surface area contributed by atoms with Crippen molar-refractivity contribution in [3.8, 4) is 23.0 Å². The molecule has 2 aromatic carbocycles. The number of aromatic hydroxyl groups is 1. The highest BCUT2D eigenvalue weighted by atomic mass is 79.9. The second-order valence-corrected chi connectivity index (χ2v) is 6.88. The molecule has 0 saturated heterocycles. The molecule has 2 aromatic rings. The van der Waals surface area contributed by atoms with Crippen molar-refractivity contribution in [3.05, 3.63) is 44.8 Å². The molecule has 7 nitrogen and oxygen atoms in total. The largest absolute Gasteiger partial charge is 0.504 e. The number of carbonyl (C=O) groups excluding carboxylic acids is 1. The van der Waals surface area contributed by atoms with Crippen molar-refractivity contribution >= 4 is 44.0 Å². The van der Waals surface area contributed by atoms with E-state index in [0.717, 1.165) is 0 Å². The Bertz CT molecular complexity index is 872. The van der Waals surface area contributed by atoms with Crippen LogP contribution in [0.15, 0.2) is 44.4 Å². The number of phenolic OH excluding ortho intramolecular Hbond substituents is 1. The van der Waals surface area contributed by atoms with E-state index in [4.69, 9.17) is 14.2 Å². The van der Waals surface area contributed by atoms with Gasteiger partial charge in [0.1, 0.15) is 6.61 Å². The predicted octanol–water partition coefficient (Wildman–Crippen LogP) is 3.22. The average Bonchev–Trinajstić information content (AvgIpc) is 2.66. The Morgan fingerprint density at radius 3 is 2.85 bits per heavy atom. The molecule has 0 saturated carbocycles. The van der Waals surface area contributed by atoms with Crippen LogP contribution < -0.4 is 19.6 Å². The van der Waals surface area contributed by atoms with Crippen LogP contribution >= 0.6 is 31.9 Å². The minimum Gasteiger partial charge on any atom is -0.504 e. The number of rotatable bonds is 4. The fraction of sp³-hybridized carbons (Fsp3) is 0.176. The Morgan fingerprint density at radius 2 is 2.12 bits per heavy atom. The van der Waals surface area contributed by atoms with E-state index in [0.29, 0.717) is 26.0 Å². The second-order valence-electron chi connectivity index (χ2n) is 5.24. The lowest BCUT2D eigenvalue weighted by Gasteiger charge is -2.24. The van der Waals surface area contributed by atoms with E-state index in [1.54, 1.807) is 24.3 Å². The Kier molecular flexibility index (Phi) is 5.67. The zero-order valence-corrected chi connectivity index (χ0v) is 16.7. The Labute approximate surface area is 166 Å². The second kappa shape index (κ2) is 7.96. The summed E-state index contributed by atoms with van der Waals surface area (Å²) >= 11 is 6.69. The first-order valence-corrected chi connectivity index (χ1v) is 9.06. The average molecular weight is 486 g/mol. The maximum Gasteiger partial charge on any atom is 0.284 e. The van der Waals surface area contributed by atoms with Crippen molar-refractivity contribution in [2.75, 3.05) is 13.7 Å². The number of para-hydroxylation sites is 2. The number of phenols is 1. The molecule has 1 aliphatic heterocycles. The number of methoxy groups -OCH3 is 1. The summed E-state index contributed by atoms with van der Waals surface area (Å²) in [6.45, 7) is 0.0814. The highest BCUT2D eigenvalue weighted by Gasteiger charge is 2.27. The third-order valence-corrected chi connectivity index (χ3v) is 5.59. The van der Waals surface area contributed by atoms with Gasteiger partial charge >= 0.3 is 0 Å². The SMILES string of the molecule is COc1cc(Br)c(Br)c(/C=N/NC(=O)[C@H]2COc3ccccc3O2)c1O. The van der Waals surface area contributed by atoms with E-state index in [2.05, 4.69) is 42.4 Å². The number of nitrogens with zero attached hydrogens (tertiary/aromatic N) is 1. The van der Waals surface area contributed by atoms with Gasteiger partial charge in [-0.2, -0.15) is 5.10 Å². The highest BCUT2D eigenvalue weighted by Crippen LogP contribution is 2.39. The molecule has 0 fully saturated rings. The molecule has 0 bridgehead atoms. The first-order valence-electron chi connectivity index (χ1n) is 7.47. The van der Waals surface area contributed by atoms with Crippen molar-refractivity contribution in [1.82, 2.24) is 5.43 Å².